The maximum atomic E-state index is 3.77. The number of halogens is 2. The van der Waals surface area contributed by atoms with Gasteiger partial charge in [-0.1, -0.05) is 37.9 Å². The van der Waals surface area contributed by atoms with E-state index >= 15 is 0 Å². The second-order valence-electron chi connectivity index (χ2n) is 3.87. The lowest BCUT2D eigenvalue weighted by atomic mass is 10.1. The van der Waals surface area contributed by atoms with Gasteiger partial charge in [-0.3, -0.25) is 0 Å². The number of aryl methyl sites for hydroxylation is 2. The predicted molar refractivity (Wildman–Crippen MR) is 78.7 cm³/mol. The summed E-state index contributed by atoms with van der Waals surface area (Å²) in [5.41, 5.74) is 2.58. The average Bonchev–Trinajstić information content (AvgIpc) is 2.62. The standard InChI is InChI=1S/C13H12Br2S/c1-8-5-10(7-11(14)6-8)13(15)12-4-3-9(2)16-12/h3-7,13H,1-2H3. The van der Waals surface area contributed by atoms with Gasteiger partial charge < -0.3 is 0 Å². The molecule has 16 heavy (non-hydrogen) atoms. The number of benzene rings is 1. The van der Waals surface area contributed by atoms with Gasteiger partial charge in [0.2, 0.25) is 0 Å². The molecule has 84 valence electrons. The van der Waals surface area contributed by atoms with Crippen LogP contribution in [-0.2, 0) is 0 Å². The van der Waals surface area contributed by atoms with Gasteiger partial charge in [0.25, 0.3) is 0 Å². The smallest absolute Gasteiger partial charge is 0.0738 e. The molecule has 0 N–H and O–H groups in total. The van der Waals surface area contributed by atoms with Crippen molar-refractivity contribution in [3.05, 3.63) is 55.7 Å². The number of hydrogen-bond acceptors (Lipinski definition) is 1. The molecule has 0 bridgehead atoms. The van der Waals surface area contributed by atoms with Crippen LogP contribution in [0.25, 0.3) is 0 Å². The third-order valence-electron chi connectivity index (χ3n) is 2.37. The van der Waals surface area contributed by atoms with E-state index in [4.69, 9.17) is 0 Å². The van der Waals surface area contributed by atoms with Crippen molar-refractivity contribution < 1.29 is 0 Å². The fourth-order valence-electron chi connectivity index (χ4n) is 1.66. The summed E-state index contributed by atoms with van der Waals surface area (Å²) in [6, 6.07) is 10.9. The molecule has 2 aromatic rings. The summed E-state index contributed by atoms with van der Waals surface area (Å²) in [4.78, 5) is 3.00. The van der Waals surface area contributed by atoms with E-state index < -0.39 is 0 Å². The topological polar surface area (TPSA) is 0 Å². The van der Waals surface area contributed by atoms with Gasteiger partial charge in [-0.2, -0.15) is 0 Å². The van der Waals surface area contributed by atoms with Crippen molar-refractivity contribution in [2.75, 3.05) is 0 Å². The van der Waals surface area contributed by atoms with E-state index in [2.05, 4.69) is 76.0 Å². The molecule has 2 rings (SSSR count). The second-order valence-corrected chi connectivity index (χ2v) is 7.02. The lowest BCUT2D eigenvalue weighted by Gasteiger charge is -2.09. The van der Waals surface area contributed by atoms with Crippen molar-refractivity contribution >= 4 is 43.2 Å². The molecule has 0 spiro atoms. The molecule has 0 aliphatic carbocycles. The van der Waals surface area contributed by atoms with Gasteiger partial charge in [-0.15, -0.1) is 11.3 Å². The van der Waals surface area contributed by atoms with Crippen molar-refractivity contribution in [3.63, 3.8) is 0 Å². The van der Waals surface area contributed by atoms with Crippen LogP contribution in [0.2, 0.25) is 0 Å². The summed E-state index contributed by atoms with van der Waals surface area (Å²) in [6.07, 6.45) is 0. The Morgan fingerprint density at radius 3 is 2.44 bits per heavy atom. The number of alkyl halides is 1. The highest BCUT2D eigenvalue weighted by molar-refractivity contribution is 9.10. The predicted octanol–water partition coefficient (Wildman–Crippen LogP) is 5.61. The van der Waals surface area contributed by atoms with Gasteiger partial charge in [0.1, 0.15) is 0 Å². The molecule has 1 heterocycles. The van der Waals surface area contributed by atoms with E-state index in [1.54, 1.807) is 0 Å². The van der Waals surface area contributed by atoms with Crippen molar-refractivity contribution in [1.82, 2.24) is 0 Å². The van der Waals surface area contributed by atoms with Crippen LogP contribution in [-0.4, -0.2) is 0 Å². The average molecular weight is 360 g/mol. The minimum absolute atomic E-state index is 0.294. The third kappa shape index (κ3) is 2.76. The monoisotopic (exact) mass is 358 g/mol. The molecule has 0 amide bonds. The molecule has 0 saturated carbocycles. The molecule has 1 unspecified atom stereocenters. The zero-order valence-electron chi connectivity index (χ0n) is 9.13. The first-order chi connectivity index (χ1) is 7.56. The summed E-state index contributed by atoms with van der Waals surface area (Å²) in [5.74, 6) is 0. The maximum Gasteiger partial charge on any atom is 0.0738 e. The van der Waals surface area contributed by atoms with Crippen LogP contribution in [0.15, 0.2) is 34.8 Å². The zero-order chi connectivity index (χ0) is 11.7. The van der Waals surface area contributed by atoms with E-state index in [-0.39, 0.29) is 0 Å². The molecule has 1 aromatic heterocycles. The van der Waals surface area contributed by atoms with Crippen molar-refractivity contribution in [1.29, 1.82) is 0 Å². The summed E-state index contributed by atoms with van der Waals surface area (Å²) in [5, 5.41) is 0. The molecule has 0 fully saturated rings. The summed E-state index contributed by atoms with van der Waals surface area (Å²) in [7, 11) is 0. The van der Waals surface area contributed by atoms with Crippen LogP contribution in [0.3, 0.4) is 0 Å². The van der Waals surface area contributed by atoms with Gasteiger partial charge in [-0.05, 0) is 49.2 Å². The first-order valence-corrected chi connectivity index (χ1v) is 7.56. The third-order valence-corrected chi connectivity index (χ3v) is 5.22. The van der Waals surface area contributed by atoms with Crippen LogP contribution in [0.4, 0.5) is 0 Å². The number of rotatable bonds is 2. The highest BCUT2D eigenvalue weighted by atomic mass is 79.9. The highest BCUT2D eigenvalue weighted by Gasteiger charge is 2.12. The van der Waals surface area contributed by atoms with Crippen LogP contribution in [0.1, 0.15) is 25.7 Å². The SMILES string of the molecule is Cc1cc(Br)cc(C(Br)c2ccc(C)s2)c1. The number of hydrogen-bond donors (Lipinski definition) is 0. The molecule has 1 aromatic carbocycles. The number of thiophene rings is 1. The van der Waals surface area contributed by atoms with Gasteiger partial charge in [0.15, 0.2) is 0 Å². The first-order valence-electron chi connectivity index (χ1n) is 5.04. The van der Waals surface area contributed by atoms with Crippen molar-refractivity contribution in [2.24, 2.45) is 0 Å². The Kier molecular flexibility index (Phi) is 3.88. The maximum absolute atomic E-state index is 3.77. The minimum Gasteiger partial charge on any atom is -0.144 e. The lowest BCUT2D eigenvalue weighted by Crippen LogP contribution is -1.90. The summed E-state index contributed by atoms with van der Waals surface area (Å²) in [6.45, 7) is 4.26. The van der Waals surface area contributed by atoms with E-state index in [1.165, 1.54) is 20.9 Å². The molecule has 0 saturated heterocycles. The van der Waals surface area contributed by atoms with Crippen LogP contribution < -0.4 is 0 Å². The molecule has 0 nitrogen and oxygen atoms in total. The largest absolute Gasteiger partial charge is 0.144 e. The molecule has 0 radical (unpaired) electrons. The van der Waals surface area contributed by atoms with E-state index in [9.17, 15) is 0 Å². The van der Waals surface area contributed by atoms with Crippen molar-refractivity contribution in [3.8, 4) is 0 Å². The van der Waals surface area contributed by atoms with Crippen molar-refractivity contribution in [2.45, 2.75) is 18.7 Å². The van der Waals surface area contributed by atoms with Crippen LogP contribution in [0.5, 0.6) is 0 Å². The molecule has 3 heteroatoms. The van der Waals surface area contributed by atoms with Gasteiger partial charge >= 0.3 is 0 Å². The summed E-state index contributed by atoms with van der Waals surface area (Å²) >= 11 is 9.15. The Hall–Kier alpha value is -0.120. The fourth-order valence-corrected chi connectivity index (χ4v) is 3.87. The molecule has 1 atom stereocenters. The normalized spacial score (nSPS) is 12.8. The van der Waals surface area contributed by atoms with Gasteiger partial charge in [0.05, 0.1) is 4.83 Å². The molecule has 0 aliphatic heterocycles. The first kappa shape index (κ1) is 12.3. The Bertz CT molecular complexity index is 482. The molecular weight excluding hydrogens is 348 g/mol. The van der Waals surface area contributed by atoms with Gasteiger partial charge in [-0.25, -0.2) is 0 Å². The minimum atomic E-state index is 0.294. The molecular formula is C13H12Br2S. The Balaban J connectivity index is 2.37. The highest BCUT2D eigenvalue weighted by Crippen LogP contribution is 2.36. The van der Waals surface area contributed by atoms with Gasteiger partial charge in [0, 0.05) is 14.2 Å². The van der Waals surface area contributed by atoms with E-state index in [0.29, 0.717) is 4.83 Å². The second kappa shape index (κ2) is 5.03. The Labute approximate surface area is 117 Å². The fraction of sp³-hybridized carbons (Fsp3) is 0.231. The zero-order valence-corrected chi connectivity index (χ0v) is 13.1. The van der Waals surface area contributed by atoms with E-state index in [1.807, 2.05) is 11.3 Å². The van der Waals surface area contributed by atoms with Crippen LogP contribution >= 0.6 is 43.2 Å². The summed E-state index contributed by atoms with van der Waals surface area (Å²) < 4.78 is 1.14. The Morgan fingerprint density at radius 2 is 1.88 bits per heavy atom. The van der Waals surface area contributed by atoms with E-state index in [0.717, 1.165) is 4.47 Å². The quantitative estimate of drug-likeness (QED) is 0.611. The lowest BCUT2D eigenvalue weighted by molar-refractivity contribution is 1.20. The molecule has 0 aliphatic rings. The van der Waals surface area contributed by atoms with Crippen LogP contribution in [0, 0.1) is 13.8 Å². The Morgan fingerprint density at radius 1 is 1.12 bits per heavy atom.